The first-order valence-corrected chi connectivity index (χ1v) is 7.13. The van der Waals surface area contributed by atoms with Crippen LogP contribution in [-0.2, 0) is 6.61 Å². The van der Waals surface area contributed by atoms with E-state index in [9.17, 15) is 5.11 Å². The maximum atomic E-state index is 9.43. The number of hydrogen-bond acceptors (Lipinski definition) is 2. The van der Waals surface area contributed by atoms with Gasteiger partial charge in [0.2, 0.25) is 0 Å². The lowest BCUT2D eigenvalue weighted by atomic mass is 10.0. The molecule has 0 bridgehead atoms. The van der Waals surface area contributed by atoms with Crippen molar-refractivity contribution in [3.63, 3.8) is 0 Å². The highest BCUT2D eigenvalue weighted by molar-refractivity contribution is 9.10. The van der Waals surface area contributed by atoms with Crippen LogP contribution in [0.3, 0.4) is 0 Å². The first kappa shape index (κ1) is 13.2. The summed E-state index contributed by atoms with van der Waals surface area (Å²) in [7, 11) is 0. The van der Waals surface area contributed by atoms with Crippen LogP contribution in [0.4, 0.5) is 0 Å². The third-order valence-corrected chi connectivity index (χ3v) is 4.00. The number of aliphatic hydroxyl groups excluding tert-OH is 1. The van der Waals surface area contributed by atoms with E-state index in [0.29, 0.717) is 5.76 Å². The lowest BCUT2D eigenvalue weighted by Gasteiger charge is -2.03. The second-order valence-electron chi connectivity index (χ2n) is 4.43. The molecule has 3 aromatic rings. The van der Waals surface area contributed by atoms with Gasteiger partial charge in [0.15, 0.2) is 0 Å². The maximum Gasteiger partial charge on any atom is 0.144 e. The summed E-state index contributed by atoms with van der Waals surface area (Å²) >= 11 is 3.54. The van der Waals surface area contributed by atoms with E-state index >= 15 is 0 Å². The number of halogens is 1. The van der Waals surface area contributed by atoms with Crippen molar-refractivity contribution in [1.29, 1.82) is 0 Å². The lowest BCUT2D eigenvalue weighted by Crippen LogP contribution is -1.81. The van der Waals surface area contributed by atoms with Crippen molar-refractivity contribution in [1.82, 2.24) is 0 Å². The molecule has 20 heavy (non-hydrogen) atoms. The Kier molecular flexibility index (Phi) is 3.72. The molecular formula is C17H13BrO2. The van der Waals surface area contributed by atoms with Crippen LogP contribution in [0.1, 0.15) is 5.76 Å². The van der Waals surface area contributed by atoms with Gasteiger partial charge in [-0.05, 0) is 21.5 Å². The van der Waals surface area contributed by atoms with Crippen molar-refractivity contribution in [2.45, 2.75) is 6.61 Å². The van der Waals surface area contributed by atoms with Crippen LogP contribution in [0.25, 0.3) is 22.5 Å². The van der Waals surface area contributed by atoms with Crippen molar-refractivity contribution < 1.29 is 9.52 Å². The Morgan fingerprint density at radius 3 is 1.95 bits per heavy atom. The van der Waals surface area contributed by atoms with E-state index in [1.807, 2.05) is 60.7 Å². The summed E-state index contributed by atoms with van der Waals surface area (Å²) in [6.45, 7) is -0.132. The summed E-state index contributed by atoms with van der Waals surface area (Å²) < 4.78 is 6.65. The maximum absolute atomic E-state index is 9.43. The highest BCUT2D eigenvalue weighted by Gasteiger charge is 2.20. The van der Waals surface area contributed by atoms with Crippen LogP contribution in [0.5, 0.6) is 0 Å². The van der Waals surface area contributed by atoms with Crippen LogP contribution in [0.2, 0.25) is 0 Å². The van der Waals surface area contributed by atoms with Gasteiger partial charge in [-0.3, -0.25) is 0 Å². The van der Waals surface area contributed by atoms with E-state index in [0.717, 1.165) is 26.9 Å². The summed E-state index contributed by atoms with van der Waals surface area (Å²) in [4.78, 5) is 0. The fourth-order valence-electron chi connectivity index (χ4n) is 2.22. The Balaban J connectivity index is 2.25. The molecule has 3 rings (SSSR count). The Morgan fingerprint density at radius 2 is 1.40 bits per heavy atom. The van der Waals surface area contributed by atoms with Crippen molar-refractivity contribution >= 4 is 15.9 Å². The average Bonchev–Trinajstić information content (AvgIpc) is 2.86. The van der Waals surface area contributed by atoms with Crippen molar-refractivity contribution in [3.8, 4) is 22.5 Å². The summed E-state index contributed by atoms with van der Waals surface area (Å²) in [6.07, 6.45) is 0. The summed E-state index contributed by atoms with van der Waals surface area (Å²) in [5, 5.41) is 9.43. The zero-order chi connectivity index (χ0) is 13.9. The molecule has 1 heterocycles. The van der Waals surface area contributed by atoms with Crippen molar-refractivity contribution in [3.05, 3.63) is 70.9 Å². The molecule has 0 spiro atoms. The molecule has 0 fully saturated rings. The SMILES string of the molecule is OCc1oc(-c2ccccc2)c(-c2ccccc2)c1Br. The molecule has 0 amide bonds. The minimum absolute atomic E-state index is 0.132. The van der Waals surface area contributed by atoms with Crippen molar-refractivity contribution in [2.75, 3.05) is 0 Å². The third kappa shape index (κ3) is 2.30. The van der Waals surface area contributed by atoms with Crippen LogP contribution < -0.4 is 0 Å². The topological polar surface area (TPSA) is 33.4 Å². The number of rotatable bonds is 3. The van der Waals surface area contributed by atoms with E-state index in [-0.39, 0.29) is 6.61 Å². The van der Waals surface area contributed by atoms with Gasteiger partial charge in [-0.15, -0.1) is 0 Å². The van der Waals surface area contributed by atoms with Gasteiger partial charge in [-0.2, -0.15) is 0 Å². The number of aliphatic hydroxyl groups is 1. The second-order valence-corrected chi connectivity index (χ2v) is 5.23. The van der Waals surface area contributed by atoms with Gasteiger partial charge in [0.05, 0.1) is 4.47 Å². The number of furan rings is 1. The smallest absolute Gasteiger partial charge is 0.144 e. The van der Waals surface area contributed by atoms with Crippen LogP contribution in [0.15, 0.2) is 69.6 Å². The average molecular weight is 329 g/mol. The van der Waals surface area contributed by atoms with Gasteiger partial charge in [-0.25, -0.2) is 0 Å². The van der Waals surface area contributed by atoms with Gasteiger partial charge in [0.25, 0.3) is 0 Å². The summed E-state index contributed by atoms with van der Waals surface area (Å²) in [5.41, 5.74) is 3.02. The molecule has 0 aliphatic rings. The minimum Gasteiger partial charge on any atom is -0.457 e. The first-order valence-electron chi connectivity index (χ1n) is 6.34. The monoisotopic (exact) mass is 328 g/mol. The molecule has 1 aromatic heterocycles. The zero-order valence-electron chi connectivity index (χ0n) is 10.7. The van der Waals surface area contributed by atoms with Gasteiger partial charge in [0.1, 0.15) is 18.1 Å². The number of hydrogen-bond donors (Lipinski definition) is 1. The fourth-order valence-corrected chi connectivity index (χ4v) is 2.83. The number of benzene rings is 2. The molecule has 3 heteroatoms. The Hall–Kier alpha value is -1.84. The van der Waals surface area contributed by atoms with E-state index in [2.05, 4.69) is 15.9 Å². The molecule has 2 nitrogen and oxygen atoms in total. The molecule has 2 aromatic carbocycles. The molecule has 0 aliphatic heterocycles. The molecule has 0 atom stereocenters. The van der Waals surface area contributed by atoms with Gasteiger partial charge < -0.3 is 9.52 Å². The third-order valence-electron chi connectivity index (χ3n) is 3.16. The predicted molar refractivity (Wildman–Crippen MR) is 83.2 cm³/mol. The first-order chi connectivity index (χ1) is 9.81. The van der Waals surface area contributed by atoms with Crippen molar-refractivity contribution in [2.24, 2.45) is 0 Å². The summed E-state index contributed by atoms with van der Waals surface area (Å²) in [5.74, 6) is 1.32. The molecule has 0 unspecified atom stereocenters. The standard InChI is InChI=1S/C17H13BrO2/c18-16-14(11-19)20-17(13-9-5-2-6-10-13)15(16)12-7-3-1-4-8-12/h1-10,19H,11H2. The quantitative estimate of drug-likeness (QED) is 0.744. The molecule has 0 aliphatic carbocycles. The molecule has 0 saturated heterocycles. The van der Waals surface area contributed by atoms with Crippen LogP contribution in [0, 0.1) is 0 Å². The lowest BCUT2D eigenvalue weighted by molar-refractivity contribution is 0.247. The minimum atomic E-state index is -0.132. The second kappa shape index (κ2) is 5.65. The van der Waals surface area contributed by atoms with Crippen LogP contribution in [-0.4, -0.2) is 5.11 Å². The van der Waals surface area contributed by atoms with E-state index in [4.69, 9.17) is 4.42 Å². The molecule has 0 saturated carbocycles. The normalized spacial score (nSPS) is 10.7. The molecular weight excluding hydrogens is 316 g/mol. The Bertz CT molecular complexity index is 703. The van der Waals surface area contributed by atoms with E-state index in [1.54, 1.807) is 0 Å². The fraction of sp³-hybridized carbons (Fsp3) is 0.0588. The predicted octanol–water partition coefficient (Wildman–Crippen LogP) is 4.87. The Morgan fingerprint density at radius 1 is 0.850 bits per heavy atom. The zero-order valence-corrected chi connectivity index (χ0v) is 12.3. The molecule has 0 radical (unpaired) electrons. The highest BCUT2D eigenvalue weighted by Crippen LogP contribution is 2.42. The highest BCUT2D eigenvalue weighted by atomic mass is 79.9. The Labute approximate surface area is 125 Å². The van der Waals surface area contributed by atoms with Gasteiger partial charge in [-0.1, -0.05) is 60.7 Å². The van der Waals surface area contributed by atoms with Crippen LogP contribution >= 0.6 is 15.9 Å². The summed E-state index contributed by atoms with van der Waals surface area (Å²) in [6, 6.07) is 19.9. The molecule has 100 valence electrons. The van der Waals surface area contributed by atoms with Gasteiger partial charge >= 0.3 is 0 Å². The molecule has 1 N–H and O–H groups in total. The largest absolute Gasteiger partial charge is 0.457 e. The van der Waals surface area contributed by atoms with E-state index < -0.39 is 0 Å². The van der Waals surface area contributed by atoms with Gasteiger partial charge in [0, 0.05) is 11.1 Å². The van der Waals surface area contributed by atoms with E-state index in [1.165, 1.54) is 0 Å².